The summed E-state index contributed by atoms with van der Waals surface area (Å²) in [6, 6.07) is 2.45. The first-order valence-corrected chi connectivity index (χ1v) is 19.8. The van der Waals surface area contributed by atoms with E-state index in [1.165, 1.54) is 40.4 Å². The van der Waals surface area contributed by atoms with Gasteiger partial charge in [0.1, 0.15) is 62.4 Å². The van der Waals surface area contributed by atoms with Crippen LogP contribution in [0.25, 0.3) is 49.2 Å². The molecular weight excluding hydrogens is 840 g/mol. The van der Waals surface area contributed by atoms with Crippen molar-refractivity contribution < 1.29 is 62.4 Å². The molecule has 5 aromatic rings. The van der Waals surface area contributed by atoms with Crippen LogP contribution in [-0.4, -0.2) is 130 Å². The minimum atomic E-state index is -1.05. The van der Waals surface area contributed by atoms with Gasteiger partial charge in [-0.1, -0.05) is 11.6 Å². The van der Waals surface area contributed by atoms with Crippen LogP contribution in [0.2, 0.25) is 0 Å². The summed E-state index contributed by atoms with van der Waals surface area (Å²) in [4.78, 5) is 118. The third-order valence-corrected chi connectivity index (χ3v) is 11.4. The van der Waals surface area contributed by atoms with Crippen LogP contribution in [-0.2, 0) is 33.4 Å². The highest BCUT2D eigenvalue weighted by atomic mass is 16.6. The number of carbonyl (C=O) groups is 7. The Bertz CT molecular complexity index is 3030. The molecule has 332 valence electrons. The quantitative estimate of drug-likeness (QED) is 0.0392. The number of phenols is 1. The molecule has 2 saturated heterocycles. The number of benzene rings is 5. The van der Waals surface area contributed by atoms with Crippen molar-refractivity contribution in [3.8, 4) is 23.0 Å². The number of phenolic OH excluding ortho intramolecular Hbond substituents is 1. The Morgan fingerprint density at radius 2 is 1.12 bits per heavy atom. The third-order valence-electron chi connectivity index (χ3n) is 11.4. The molecule has 1 unspecified atom stereocenters. The summed E-state index contributed by atoms with van der Waals surface area (Å²) in [5, 5.41) is 24.3. The van der Waals surface area contributed by atoms with E-state index < -0.39 is 58.3 Å². The number of carbonyl (C=O) groups excluding carboxylic acids is 7. The van der Waals surface area contributed by atoms with Gasteiger partial charge < -0.3 is 39.4 Å². The summed E-state index contributed by atoms with van der Waals surface area (Å²) in [6.07, 6.45) is -0.183. The predicted octanol–water partition coefficient (Wildman–Crippen LogP) is 1.73. The zero-order valence-electron chi connectivity index (χ0n) is 35.0. The van der Waals surface area contributed by atoms with Crippen LogP contribution < -0.4 is 46.3 Å². The van der Waals surface area contributed by atoms with Gasteiger partial charge in [0.05, 0.1) is 49.4 Å². The number of anilines is 2. The Morgan fingerprint density at radius 3 is 1.59 bits per heavy atom. The third kappa shape index (κ3) is 6.93. The molecule has 2 aliphatic heterocycles. The molecule has 6 amide bonds. The Balaban J connectivity index is 1.34. The maximum absolute atomic E-state index is 14.5. The lowest BCUT2D eigenvalue weighted by atomic mass is 9.80. The standard InChI is InChI=1S/C43H40N6O15/c1-17-10-19-29-34-31(40(57)38(19)44-6-8-63-42(58)48-13-24(53)46-25(54)14-48)21(52)12-23(61-4)32(34)33-22(60-3)11-20(51)30-36(33)35(29)37(28(17)18(2)50)41(62-5)39(30)45-7-9-64-43(59)49-15-26(55)47-27(56)16-49/h10-12,28,44-45,57H,6-9,13-16H2,1-5H3,(H,46,53,54)(H,47,55,56). The monoisotopic (exact) mass is 880 g/mol. The van der Waals surface area contributed by atoms with E-state index >= 15 is 0 Å². The SMILES string of the molecule is COc1c(NCCOC(=O)N2CC(=O)NC(=O)C2)c2c(=O)cc(OC)c3c4c(OC)cc(=O)c5c(O)c(NCCOC(=O)N6CC(=O)NC(=O)C6)c6c(c(c1C(C(C)=O)C(C)=C6)c23)c54. The van der Waals surface area contributed by atoms with E-state index in [0.29, 0.717) is 38.2 Å². The second-order valence-electron chi connectivity index (χ2n) is 15.3. The second-order valence-corrected chi connectivity index (χ2v) is 15.3. The van der Waals surface area contributed by atoms with E-state index in [0.717, 1.165) is 9.80 Å². The highest BCUT2D eigenvalue weighted by molar-refractivity contribution is 6.40. The molecule has 0 bridgehead atoms. The molecular formula is C43H40N6O15. The number of allylic oxidation sites excluding steroid dienone is 1. The van der Waals surface area contributed by atoms with Crippen molar-refractivity contribution in [2.75, 3.05) is 84.4 Å². The van der Waals surface area contributed by atoms with E-state index in [4.69, 9.17) is 23.7 Å². The van der Waals surface area contributed by atoms with Gasteiger partial charge in [0, 0.05) is 63.3 Å². The van der Waals surface area contributed by atoms with Crippen molar-refractivity contribution in [1.29, 1.82) is 0 Å². The van der Waals surface area contributed by atoms with Crippen LogP contribution in [0.4, 0.5) is 21.0 Å². The Morgan fingerprint density at radius 1 is 0.656 bits per heavy atom. The van der Waals surface area contributed by atoms with Crippen molar-refractivity contribution in [3.63, 3.8) is 0 Å². The Kier molecular flexibility index (Phi) is 10.9. The van der Waals surface area contributed by atoms with E-state index in [9.17, 15) is 48.3 Å². The van der Waals surface area contributed by atoms with Gasteiger partial charge in [-0.25, -0.2) is 9.59 Å². The number of imide groups is 2. The van der Waals surface area contributed by atoms with Crippen LogP contribution in [0.15, 0.2) is 27.3 Å². The van der Waals surface area contributed by atoms with E-state index in [2.05, 4.69) is 21.3 Å². The van der Waals surface area contributed by atoms with Gasteiger partial charge in [-0.3, -0.25) is 54.0 Å². The molecule has 0 radical (unpaired) electrons. The Labute approximate surface area is 360 Å². The maximum Gasteiger partial charge on any atom is 0.410 e. The summed E-state index contributed by atoms with van der Waals surface area (Å²) in [5.74, 6) is -4.31. The normalized spacial score (nSPS) is 16.2. The van der Waals surface area contributed by atoms with Crippen molar-refractivity contribution in [3.05, 3.63) is 49.3 Å². The van der Waals surface area contributed by atoms with Crippen LogP contribution in [0.5, 0.6) is 23.0 Å². The summed E-state index contributed by atoms with van der Waals surface area (Å²) in [5.41, 5.74) is 0.0267. The van der Waals surface area contributed by atoms with E-state index in [1.807, 2.05) is 0 Å². The van der Waals surface area contributed by atoms with E-state index in [1.54, 1.807) is 13.0 Å². The molecule has 8 rings (SSSR count). The number of methoxy groups -OCH3 is 3. The second kappa shape index (κ2) is 16.4. The highest BCUT2D eigenvalue weighted by Crippen LogP contribution is 2.58. The van der Waals surface area contributed by atoms with Gasteiger partial charge in [0.15, 0.2) is 16.6 Å². The lowest BCUT2D eigenvalue weighted by molar-refractivity contribution is -0.136. The number of hydrogen-bond donors (Lipinski definition) is 5. The lowest BCUT2D eigenvalue weighted by Crippen LogP contribution is -2.53. The number of hydrogen-bond acceptors (Lipinski definition) is 17. The van der Waals surface area contributed by atoms with Gasteiger partial charge in [-0.05, 0) is 19.2 Å². The highest BCUT2D eigenvalue weighted by Gasteiger charge is 2.38. The number of nitrogens with zero attached hydrogens (tertiary/aromatic N) is 2. The molecule has 64 heavy (non-hydrogen) atoms. The number of fused-ring (bicyclic) bond motifs is 1. The molecule has 2 heterocycles. The van der Waals surface area contributed by atoms with Crippen molar-refractivity contribution in [2.45, 2.75) is 19.8 Å². The molecule has 21 heteroatoms. The van der Waals surface area contributed by atoms with Crippen LogP contribution >= 0.6 is 0 Å². The molecule has 1 aliphatic carbocycles. The molecule has 5 aromatic carbocycles. The minimum absolute atomic E-state index is 0.0199. The lowest BCUT2D eigenvalue weighted by Gasteiger charge is -2.27. The molecule has 0 spiro atoms. The number of rotatable bonds is 12. The molecule has 1 atom stereocenters. The fourth-order valence-electron chi connectivity index (χ4n) is 8.99. The van der Waals surface area contributed by atoms with Gasteiger partial charge in [-0.2, -0.15) is 0 Å². The first-order chi connectivity index (χ1) is 30.6. The predicted molar refractivity (Wildman–Crippen MR) is 229 cm³/mol. The maximum atomic E-state index is 14.5. The topological polar surface area (TPSA) is 275 Å². The molecule has 0 saturated carbocycles. The van der Waals surface area contributed by atoms with Crippen molar-refractivity contribution in [1.82, 2.24) is 20.4 Å². The summed E-state index contributed by atoms with van der Waals surface area (Å²) < 4.78 is 28.5. The van der Waals surface area contributed by atoms with Crippen LogP contribution in [0.1, 0.15) is 30.9 Å². The number of aromatic hydroxyl groups is 1. The van der Waals surface area contributed by atoms with Crippen molar-refractivity contribution >= 4 is 102 Å². The molecule has 0 aromatic heterocycles. The molecule has 3 aliphatic rings. The number of nitrogens with one attached hydrogen (secondary N) is 4. The summed E-state index contributed by atoms with van der Waals surface area (Å²) in [6.45, 7) is 0.627. The zero-order chi connectivity index (χ0) is 45.9. The number of Topliss-reactive ketones (excluding diaryl/α,β-unsaturated/α-hetero) is 1. The van der Waals surface area contributed by atoms with Crippen molar-refractivity contribution in [2.24, 2.45) is 0 Å². The van der Waals surface area contributed by atoms with Gasteiger partial charge in [0.25, 0.3) is 0 Å². The van der Waals surface area contributed by atoms with Crippen LogP contribution in [0, 0.1) is 0 Å². The Hall–Kier alpha value is -7.97. The van der Waals surface area contributed by atoms with Crippen LogP contribution in [0.3, 0.4) is 0 Å². The average molecular weight is 881 g/mol. The molecule has 5 N–H and O–H groups in total. The largest absolute Gasteiger partial charge is 0.505 e. The number of piperazine rings is 2. The molecule has 21 nitrogen and oxygen atoms in total. The fourth-order valence-corrected chi connectivity index (χ4v) is 8.99. The number of amides is 6. The zero-order valence-corrected chi connectivity index (χ0v) is 35.0. The fraction of sp³-hybridized carbons (Fsp3) is 0.326. The van der Waals surface area contributed by atoms with Gasteiger partial charge in [0.2, 0.25) is 23.6 Å². The van der Waals surface area contributed by atoms with E-state index in [-0.39, 0.29) is 108 Å². The molecule has 2 fully saturated rings. The first-order valence-electron chi connectivity index (χ1n) is 19.8. The minimum Gasteiger partial charge on any atom is -0.505 e. The number of ether oxygens (including phenoxy) is 5. The summed E-state index contributed by atoms with van der Waals surface area (Å²) >= 11 is 0. The van der Waals surface area contributed by atoms with Gasteiger partial charge >= 0.3 is 12.2 Å². The smallest absolute Gasteiger partial charge is 0.410 e. The number of ketones is 1. The summed E-state index contributed by atoms with van der Waals surface area (Å²) in [7, 11) is 4.07. The average Bonchev–Trinajstić information content (AvgIpc) is 3.37. The first kappa shape index (κ1) is 42.7. The van der Waals surface area contributed by atoms with Gasteiger partial charge in [-0.15, -0.1) is 0 Å².